The zero-order valence-electron chi connectivity index (χ0n) is 13.1. The molecule has 25 heavy (non-hydrogen) atoms. The van der Waals surface area contributed by atoms with Gasteiger partial charge in [0.25, 0.3) is 11.6 Å². The first kappa shape index (κ1) is 18.4. The number of ether oxygens (including phenoxy) is 1. The number of hydrogen-bond donors (Lipinski definition) is 2. The van der Waals surface area contributed by atoms with Crippen LogP contribution in [0.3, 0.4) is 0 Å². The molecule has 0 aliphatic rings. The van der Waals surface area contributed by atoms with E-state index in [1.165, 1.54) is 6.07 Å². The van der Waals surface area contributed by atoms with Crippen LogP contribution in [0.15, 0.2) is 46.0 Å². The third kappa shape index (κ3) is 5.28. The molecule has 0 saturated heterocycles. The summed E-state index contributed by atoms with van der Waals surface area (Å²) in [5.41, 5.74) is 3.09. The number of nitro groups is 1. The van der Waals surface area contributed by atoms with Crippen LogP contribution in [0.2, 0.25) is 0 Å². The number of nitrogens with zero attached hydrogens (tertiary/aromatic N) is 2. The van der Waals surface area contributed by atoms with Crippen molar-refractivity contribution in [1.29, 1.82) is 0 Å². The zero-order valence-corrected chi connectivity index (χ0v) is 14.7. The number of amides is 1. The molecule has 2 aromatic rings. The first-order chi connectivity index (χ1) is 11.9. The number of hydrazone groups is 1. The molecule has 0 atom stereocenters. The summed E-state index contributed by atoms with van der Waals surface area (Å²) >= 11 is 3.02. The highest BCUT2D eigenvalue weighted by molar-refractivity contribution is 9.10. The monoisotopic (exact) mass is 407 g/mol. The lowest BCUT2D eigenvalue weighted by Crippen LogP contribution is -2.24. The maximum atomic E-state index is 11.7. The molecule has 0 saturated carbocycles. The van der Waals surface area contributed by atoms with Gasteiger partial charge in [0.1, 0.15) is 11.5 Å². The van der Waals surface area contributed by atoms with E-state index in [-0.39, 0.29) is 28.1 Å². The summed E-state index contributed by atoms with van der Waals surface area (Å²) < 4.78 is 5.46. The van der Waals surface area contributed by atoms with E-state index < -0.39 is 10.8 Å². The SMILES string of the molecule is Cc1cccc(OCC(=O)N/N=C\c2cc([N+](=O)[O-])cc(Br)c2O)c1. The largest absolute Gasteiger partial charge is 0.506 e. The van der Waals surface area contributed by atoms with Crippen LogP contribution < -0.4 is 10.2 Å². The van der Waals surface area contributed by atoms with E-state index in [4.69, 9.17) is 4.74 Å². The Kier molecular flexibility index (Phi) is 6.07. The van der Waals surface area contributed by atoms with E-state index in [1.807, 2.05) is 19.1 Å². The molecule has 0 aliphatic carbocycles. The Labute approximate surface area is 151 Å². The molecule has 0 unspecified atom stereocenters. The molecule has 8 nitrogen and oxygen atoms in total. The number of non-ortho nitro benzene ring substituents is 1. The molecular weight excluding hydrogens is 394 g/mol. The number of benzene rings is 2. The van der Waals surface area contributed by atoms with E-state index in [1.54, 1.807) is 12.1 Å². The number of aryl methyl sites for hydroxylation is 1. The predicted molar refractivity (Wildman–Crippen MR) is 94.9 cm³/mol. The normalized spacial score (nSPS) is 10.6. The van der Waals surface area contributed by atoms with Gasteiger partial charge in [0.15, 0.2) is 6.61 Å². The van der Waals surface area contributed by atoms with Crippen molar-refractivity contribution in [3.8, 4) is 11.5 Å². The van der Waals surface area contributed by atoms with E-state index in [0.717, 1.165) is 17.8 Å². The Morgan fingerprint density at radius 1 is 1.44 bits per heavy atom. The summed E-state index contributed by atoms with van der Waals surface area (Å²) in [6.45, 7) is 1.66. The van der Waals surface area contributed by atoms with Crippen LogP contribution in [0.5, 0.6) is 11.5 Å². The minimum absolute atomic E-state index is 0.0842. The fourth-order valence-electron chi connectivity index (χ4n) is 1.87. The number of halogens is 1. The molecule has 0 radical (unpaired) electrons. The van der Waals surface area contributed by atoms with Crippen molar-refractivity contribution in [2.24, 2.45) is 5.10 Å². The van der Waals surface area contributed by atoms with Gasteiger partial charge in [-0.05, 0) is 40.5 Å². The topological polar surface area (TPSA) is 114 Å². The smallest absolute Gasteiger partial charge is 0.277 e. The van der Waals surface area contributed by atoms with Gasteiger partial charge in [-0.2, -0.15) is 5.10 Å². The van der Waals surface area contributed by atoms with Crippen molar-refractivity contribution in [2.75, 3.05) is 6.61 Å². The van der Waals surface area contributed by atoms with Gasteiger partial charge < -0.3 is 9.84 Å². The highest BCUT2D eigenvalue weighted by Crippen LogP contribution is 2.31. The number of carbonyl (C=O) groups is 1. The van der Waals surface area contributed by atoms with Gasteiger partial charge in [-0.15, -0.1) is 0 Å². The lowest BCUT2D eigenvalue weighted by molar-refractivity contribution is -0.385. The number of nitro benzene ring substituents is 1. The third-order valence-electron chi connectivity index (χ3n) is 3.04. The van der Waals surface area contributed by atoms with E-state index in [0.29, 0.717) is 5.75 Å². The molecule has 130 valence electrons. The third-order valence-corrected chi connectivity index (χ3v) is 3.65. The number of rotatable bonds is 6. The molecule has 9 heteroatoms. The maximum Gasteiger partial charge on any atom is 0.277 e. The predicted octanol–water partition coefficient (Wildman–Crippen LogP) is 2.90. The number of carbonyl (C=O) groups excluding carboxylic acids is 1. The van der Waals surface area contributed by atoms with Gasteiger partial charge in [-0.3, -0.25) is 14.9 Å². The minimum atomic E-state index is -0.601. The average Bonchev–Trinajstić information content (AvgIpc) is 2.56. The van der Waals surface area contributed by atoms with Gasteiger partial charge in [0, 0.05) is 17.7 Å². The van der Waals surface area contributed by atoms with Gasteiger partial charge in [-0.25, -0.2) is 5.43 Å². The van der Waals surface area contributed by atoms with E-state index >= 15 is 0 Å². The number of phenolic OH excluding ortho intramolecular Hbond substituents is 1. The molecule has 2 N–H and O–H groups in total. The summed E-state index contributed by atoms with van der Waals surface area (Å²) in [5.74, 6) is -0.180. The van der Waals surface area contributed by atoms with Crippen molar-refractivity contribution in [2.45, 2.75) is 6.92 Å². The second-order valence-corrected chi connectivity index (χ2v) is 5.88. The fourth-order valence-corrected chi connectivity index (χ4v) is 2.33. The van der Waals surface area contributed by atoms with Gasteiger partial charge in [0.2, 0.25) is 0 Å². The number of hydrogen-bond acceptors (Lipinski definition) is 6. The number of nitrogens with one attached hydrogen (secondary N) is 1. The second-order valence-electron chi connectivity index (χ2n) is 5.02. The Hall–Kier alpha value is -2.94. The quantitative estimate of drug-likeness (QED) is 0.434. The number of phenols is 1. The summed E-state index contributed by atoms with van der Waals surface area (Å²) in [6, 6.07) is 9.53. The van der Waals surface area contributed by atoms with E-state index in [2.05, 4.69) is 26.5 Å². The van der Waals surface area contributed by atoms with E-state index in [9.17, 15) is 20.0 Å². The van der Waals surface area contributed by atoms with Crippen molar-refractivity contribution in [1.82, 2.24) is 5.43 Å². The summed E-state index contributed by atoms with van der Waals surface area (Å²) in [5, 5.41) is 24.3. The first-order valence-corrected chi connectivity index (χ1v) is 7.84. The first-order valence-electron chi connectivity index (χ1n) is 7.05. The minimum Gasteiger partial charge on any atom is -0.506 e. The van der Waals surface area contributed by atoms with Crippen molar-refractivity contribution in [3.63, 3.8) is 0 Å². The second kappa shape index (κ2) is 8.25. The highest BCUT2D eigenvalue weighted by Gasteiger charge is 2.13. The lowest BCUT2D eigenvalue weighted by Gasteiger charge is -2.05. The number of aromatic hydroxyl groups is 1. The lowest BCUT2D eigenvalue weighted by atomic mass is 10.2. The zero-order chi connectivity index (χ0) is 18.4. The molecule has 0 fully saturated rings. The highest BCUT2D eigenvalue weighted by atomic mass is 79.9. The van der Waals surface area contributed by atoms with Crippen LogP contribution >= 0.6 is 15.9 Å². The Morgan fingerprint density at radius 3 is 2.88 bits per heavy atom. The van der Waals surface area contributed by atoms with Crippen LogP contribution in [0.25, 0.3) is 0 Å². The van der Waals surface area contributed by atoms with Crippen LogP contribution in [-0.2, 0) is 4.79 Å². The van der Waals surface area contributed by atoms with Gasteiger partial charge in [0.05, 0.1) is 15.6 Å². The molecular formula is C16H14BrN3O5. The molecule has 0 spiro atoms. The molecule has 0 aromatic heterocycles. The Bertz CT molecular complexity index is 839. The van der Waals surface area contributed by atoms with Crippen LogP contribution in [-0.4, -0.2) is 28.8 Å². The molecule has 2 aromatic carbocycles. The standard InChI is InChI=1S/C16H14BrN3O5/c1-10-3-2-4-13(5-10)25-9-15(21)19-18-8-11-6-12(20(23)24)7-14(17)16(11)22/h2-8,22H,9H2,1H3,(H,19,21)/b18-8-. The molecule has 0 bridgehead atoms. The van der Waals surface area contributed by atoms with Gasteiger partial charge in [-0.1, -0.05) is 12.1 Å². The Balaban J connectivity index is 1.96. The summed E-state index contributed by atoms with van der Waals surface area (Å²) in [4.78, 5) is 21.9. The van der Waals surface area contributed by atoms with Crippen LogP contribution in [0, 0.1) is 17.0 Å². The molecule has 1 amide bonds. The van der Waals surface area contributed by atoms with Gasteiger partial charge >= 0.3 is 0 Å². The molecule has 0 heterocycles. The molecule has 2 rings (SSSR count). The summed E-state index contributed by atoms with van der Waals surface area (Å²) in [7, 11) is 0. The van der Waals surface area contributed by atoms with Crippen molar-refractivity contribution >= 4 is 33.7 Å². The summed E-state index contributed by atoms with van der Waals surface area (Å²) in [6.07, 6.45) is 1.11. The maximum absolute atomic E-state index is 11.7. The fraction of sp³-hybridized carbons (Fsp3) is 0.125. The average molecular weight is 408 g/mol. The van der Waals surface area contributed by atoms with Crippen molar-refractivity contribution < 1.29 is 19.6 Å². The van der Waals surface area contributed by atoms with Crippen molar-refractivity contribution in [3.05, 3.63) is 62.1 Å². The Morgan fingerprint density at radius 2 is 2.20 bits per heavy atom. The van der Waals surface area contributed by atoms with Crippen LogP contribution in [0.1, 0.15) is 11.1 Å². The molecule has 0 aliphatic heterocycles. The van der Waals surface area contributed by atoms with Crippen LogP contribution in [0.4, 0.5) is 5.69 Å².